The van der Waals surface area contributed by atoms with Crippen molar-refractivity contribution < 1.29 is 13.2 Å². The summed E-state index contributed by atoms with van der Waals surface area (Å²) in [6, 6.07) is 3.80. The van der Waals surface area contributed by atoms with Crippen LogP contribution in [0.15, 0.2) is 17.0 Å². The summed E-state index contributed by atoms with van der Waals surface area (Å²) < 4.78 is 28.0. The number of hydrogen-bond acceptors (Lipinski definition) is 6. The number of aryl methyl sites for hydroxylation is 4. The van der Waals surface area contributed by atoms with Gasteiger partial charge in [-0.15, -0.1) is 10.2 Å². The Bertz CT molecular complexity index is 1000. The molecule has 9 heteroatoms. The van der Waals surface area contributed by atoms with Gasteiger partial charge in [-0.2, -0.15) is 4.31 Å². The molecular weight excluding hydrogens is 432 g/mol. The van der Waals surface area contributed by atoms with Crippen LogP contribution in [0.25, 0.3) is 0 Å². The van der Waals surface area contributed by atoms with Gasteiger partial charge < -0.3 is 5.32 Å². The topological polar surface area (TPSA) is 92.3 Å². The lowest BCUT2D eigenvalue weighted by Gasteiger charge is -2.31. The second-order valence-electron chi connectivity index (χ2n) is 8.35. The average Bonchev–Trinajstić information content (AvgIpc) is 3.14. The minimum atomic E-state index is -3.57. The van der Waals surface area contributed by atoms with Gasteiger partial charge in [-0.1, -0.05) is 48.8 Å². The molecule has 1 aromatic heterocycles. The van der Waals surface area contributed by atoms with E-state index in [-0.39, 0.29) is 11.8 Å². The summed E-state index contributed by atoms with van der Waals surface area (Å²) in [7, 11) is -3.57. The van der Waals surface area contributed by atoms with Crippen LogP contribution < -0.4 is 5.32 Å². The largest absolute Gasteiger partial charge is 0.300 e. The molecule has 170 valence electrons. The van der Waals surface area contributed by atoms with Gasteiger partial charge in [0.25, 0.3) is 0 Å². The number of aromatic nitrogens is 2. The maximum absolute atomic E-state index is 13.2. The number of hydrogen-bond donors (Lipinski definition) is 1. The number of amides is 1. The van der Waals surface area contributed by atoms with E-state index in [9.17, 15) is 13.2 Å². The molecule has 1 saturated heterocycles. The number of sulfonamides is 1. The zero-order chi connectivity index (χ0) is 22.6. The molecule has 31 heavy (non-hydrogen) atoms. The van der Waals surface area contributed by atoms with Gasteiger partial charge in [-0.05, 0) is 51.2 Å². The van der Waals surface area contributed by atoms with Crippen LogP contribution in [0.5, 0.6) is 0 Å². The summed E-state index contributed by atoms with van der Waals surface area (Å²) in [4.78, 5) is 13.1. The highest BCUT2D eigenvalue weighted by Crippen LogP contribution is 2.29. The predicted molar refractivity (Wildman–Crippen MR) is 124 cm³/mol. The van der Waals surface area contributed by atoms with E-state index in [0.29, 0.717) is 36.0 Å². The minimum Gasteiger partial charge on any atom is -0.300 e. The van der Waals surface area contributed by atoms with Crippen LogP contribution in [0.1, 0.15) is 60.7 Å². The second kappa shape index (κ2) is 10.2. The van der Waals surface area contributed by atoms with Crippen LogP contribution in [-0.2, 0) is 21.2 Å². The van der Waals surface area contributed by atoms with Gasteiger partial charge in [0.15, 0.2) is 0 Å². The maximum atomic E-state index is 13.2. The molecule has 1 amide bonds. The number of unbranched alkanes of at least 4 members (excludes halogenated alkanes) is 2. The van der Waals surface area contributed by atoms with Crippen molar-refractivity contribution >= 4 is 32.4 Å². The highest BCUT2D eigenvalue weighted by atomic mass is 32.2. The third kappa shape index (κ3) is 5.70. The highest BCUT2D eigenvalue weighted by Gasteiger charge is 2.34. The van der Waals surface area contributed by atoms with Crippen LogP contribution in [0.3, 0.4) is 0 Å². The van der Waals surface area contributed by atoms with Crippen molar-refractivity contribution in [3.05, 3.63) is 33.8 Å². The smallest absolute Gasteiger partial charge is 0.243 e. The van der Waals surface area contributed by atoms with E-state index in [1.807, 2.05) is 32.9 Å². The van der Waals surface area contributed by atoms with Gasteiger partial charge in [0.2, 0.25) is 21.1 Å². The van der Waals surface area contributed by atoms with E-state index in [2.05, 4.69) is 22.4 Å². The molecule has 0 spiro atoms. The first-order valence-electron chi connectivity index (χ1n) is 10.9. The van der Waals surface area contributed by atoms with Crippen molar-refractivity contribution in [2.75, 3.05) is 18.4 Å². The summed E-state index contributed by atoms with van der Waals surface area (Å²) in [5.74, 6) is -0.324. The molecule has 1 aromatic carbocycles. The Labute approximate surface area is 189 Å². The fourth-order valence-electron chi connectivity index (χ4n) is 4.20. The monoisotopic (exact) mass is 464 g/mol. The van der Waals surface area contributed by atoms with Crippen LogP contribution >= 0.6 is 11.3 Å². The molecule has 0 saturated carbocycles. The standard InChI is InChI=1S/C22H32N4O3S2/c1-5-6-7-8-19-24-25-22(30-19)23-21(27)18-9-11-26(12-10-18)31(28,29)20-16(3)13-15(2)14-17(20)4/h13-14,18H,5-12H2,1-4H3,(H,23,25,27). The van der Waals surface area contributed by atoms with Crippen LogP contribution in [-0.4, -0.2) is 41.9 Å². The lowest BCUT2D eigenvalue weighted by atomic mass is 9.97. The van der Waals surface area contributed by atoms with E-state index < -0.39 is 10.0 Å². The fourth-order valence-corrected chi connectivity index (χ4v) is 6.87. The maximum Gasteiger partial charge on any atom is 0.243 e. The lowest BCUT2D eigenvalue weighted by Crippen LogP contribution is -2.41. The second-order valence-corrected chi connectivity index (χ2v) is 11.3. The van der Waals surface area contributed by atoms with Gasteiger partial charge >= 0.3 is 0 Å². The zero-order valence-corrected chi connectivity index (χ0v) is 20.4. The van der Waals surface area contributed by atoms with E-state index in [4.69, 9.17) is 0 Å². The minimum absolute atomic E-state index is 0.101. The van der Waals surface area contributed by atoms with Crippen LogP contribution in [0.4, 0.5) is 5.13 Å². The van der Waals surface area contributed by atoms with Crippen molar-refractivity contribution in [1.82, 2.24) is 14.5 Å². The number of benzene rings is 1. The Morgan fingerprint density at radius 2 is 1.77 bits per heavy atom. The number of piperidine rings is 1. The molecular formula is C22H32N4O3S2. The Kier molecular flexibility index (Phi) is 7.82. The molecule has 1 N–H and O–H groups in total. The molecule has 0 atom stereocenters. The number of anilines is 1. The average molecular weight is 465 g/mol. The molecule has 0 unspecified atom stereocenters. The number of carbonyl (C=O) groups excluding carboxylic acids is 1. The molecule has 0 radical (unpaired) electrons. The molecule has 0 aliphatic carbocycles. The summed E-state index contributed by atoms with van der Waals surface area (Å²) in [5, 5.41) is 12.6. The first-order chi connectivity index (χ1) is 14.7. The number of rotatable bonds is 8. The Morgan fingerprint density at radius 1 is 1.13 bits per heavy atom. The lowest BCUT2D eigenvalue weighted by molar-refractivity contribution is -0.120. The first-order valence-corrected chi connectivity index (χ1v) is 13.2. The van der Waals surface area contributed by atoms with E-state index in [0.717, 1.165) is 47.4 Å². The highest BCUT2D eigenvalue weighted by molar-refractivity contribution is 7.89. The van der Waals surface area contributed by atoms with E-state index >= 15 is 0 Å². The molecule has 2 heterocycles. The van der Waals surface area contributed by atoms with Crippen molar-refractivity contribution in [3.63, 3.8) is 0 Å². The van der Waals surface area contributed by atoms with Crippen LogP contribution in [0, 0.1) is 26.7 Å². The van der Waals surface area contributed by atoms with Gasteiger partial charge in [-0.25, -0.2) is 8.42 Å². The summed E-state index contributed by atoms with van der Waals surface area (Å²) in [6.07, 6.45) is 5.26. The molecule has 3 rings (SSSR count). The van der Waals surface area contributed by atoms with Gasteiger partial charge in [0.05, 0.1) is 4.90 Å². The predicted octanol–water partition coefficient (Wildman–Crippen LogP) is 4.24. The molecule has 1 fully saturated rings. The quantitative estimate of drug-likeness (QED) is 0.590. The third-order valence-electron chi connectivity index (χ3n) is 5.72. The van der Waals surface area contributed by atoms with Gasteiger partial charge in [0, 0.05) is 25.4 Å². The number of nitrogens with one attached hydrogen (secondary N) is 1. The number of nitrogens with zero attached hydrogens (tertiary/aromatic N) is 3. The zero-order valence-electron chi connectivity index (χ0n) is 18.8. The van der Waals surface area contributed by atoms with Crippen molar-refractivity contribution in [1.29, 1.82) is 0 Å². The summed E-state index contributed by atoms with van der Waals surface area (Å²) >= 11 is 1.42. The van der Waals surface area contributed by atoms with Crippen molar-refractivity contribution in [2.45, 2.75) is 71.1 Å². The summed E-state index contributed by atoms with van der Waals surface area (Å²) in [5.41, 5.74) is 2.58. The first kappa shape index (κ1) is 23.8. The van der Waals surface area contributed by atoms with Crippen LogP contribution in [0.2, 0.25) is 0 Å². The normalized spacial score (nSPS) is 15.9. The van der Waals surface area contributed by atoms with E-state index in [1.165, 1.54) is 15.6 Å². The van der Waals surface area contributed by atoms with Gasteiger partial charge in [0.1, 0.15) is 5.01 Å². The molecule has 2 aromatic rings. The molecule has 0 bridgehead atoms. The Balaban J connectivity index is 1.58. The summed E-state index contributed by atoms with van der Waals surface area (Å²) in [6.45, 7) is 8.48. The Hall–Kier alpha value is -1.84. The fraction of sp³-hybridized carbons (Fsp3) is 0.591. The Morgan fingerprint density at radius 3 is 2.39 bits per heavy atom. The van der Waals surface area contributed by atoms with Crippen molar-refractivity contribution in [3.8, 4) is 0 Å². The van der Waals surface area contributed by atoms with Crippen molar-refractivity contribution in [2.24, 2.45) is 5.92 Å². The van der Waals surface area contributed by atoms with Gasteiger partial charge in [-0.3, -0.25) is 4.79 Å². The number of carbonyl (C=O) groups is 1. The third-order valence-corrected chi connectivity index (χ3v) is 8.82. The van der Waals surface area contributed by atoms with E-state index in [1.54, 1.807) is 0 Å². The molecule has 7 nitrogen and oxygen atoms in total. The SMILES string of the molecule is CCCCCc1nnc(NC(=O)C2CCN(S(=O)(=O)c3c(C)cc(C)cc3C)CC2)s1. The molecule has 1 aliphatic heterocycles. The molecule has 1 aliphatic rings.